The summed E-state index contributed by atoms with van der Waals surface area (Å²) in [6.07, 6.45) is 1.25. The molecule has 0 bridgehead atoms. The number of amides is 1. The van der Waals surface area contributed by atoms with E-state index in [0.717, 1.165) is 12.1 Å². The molecule has 0 saturated heterocycles. The van der Waals surface area contributed by atoms with Crippen molar-refractivity contribution in [2.75, 3.05) is 13.2 Å². The molecule has 1 aromatic rings. The van der Waals surface area contributed by atoms with E-state index in [9.17, 15) is 13.6 Å². The van der Waals surface area contributed by atoms with Gasteiger partial charge in [-0.3, -0.25) is 4.79 Å². The fourth-order valence-corrected chi connectivity index (χ4v) is 1.65. The fourth-order valence-electron chi connectivity index (χ4n) is 1.65. The molecule has 1 atom stereocenters. The highest BCUT2D eigenvalue weighted by Crippen LogP contribution is 2.10. The van der Waals surface area contributed by atoms with Crippen LogP contribution in [0.25, 0.3) is 0 Å². The summed E-state index contributed by atoms with van der Waals surface area (Å²) in [6, 6.07) is 3.64. The molecule has 0 spiro atoms. The van der Waals surface area contributed by atoms with Gasteiger partial charge in [0.15, 0.2) is 11.6 Å². The predicted molar refractivity (Wildman–Crippen MR) is 68.6 cm³/mol. The van der Waals surface area contributed by atoms with Crippen molar-refractivity contribution in [3.05, 3.63) is 35.4 Å². The van der Waals surface area contributed by atoms with E-state index >= 15 is 0 Å². The Balaban J connectivity index is 2.31. The first-order valence-electron chi connectivity index (χ1n) is 6.34. The monoisotopic (exact) mass is 271 g/mol. The Kier molecular flexibility index (Phi) is 6.42. The van der Waals surface area contributed by atoms with Crippen LogP contribution in [-0.4, -0.2) is 24.2 Å². The second-order valence-electron chi connectivity index (χ2n) is 4.67. The Labute approximate surface area is 111 Å². The lowest BCUT2D eigenvalue weighted by atomic mass is 10.1. The van der Waals surface area contributed by atoms with Crippen LogP contribution in [0.2, 0.25) is 0 Å². The SMILES string of the molecule is CC(CCO)CNC(=O)CCc1ccc(F)c(F)c1. The van der Waals surface area contributed by atoms with Gasteiger partial charge in [0, 0.05) is 19.6 Å². The molecule has 0 aliphatic rings. The summed E-state index contributed by atoms with van der Waals surface area (Å²) in [5.74, 6) is -1.69. The van der Waals surface area contributed by atoms with Crippen molar-refractivity contribution >= 4 is 5.91 Å². The summed E-state index contributed by atoms with van der Waals surface area (Å²) in [5, 5.41) is 11.5. The Morgan fingerprint density at radius 3 is 2.74 bits per heavy atom. The van der Waals surface area contributed by atoms with Gasteiger partial charge in [0.25, 0.3) is 0 Å². The molecule has 5 heteroatoms. The highest BCUT2D eigenvalue weighted by Gasteiger charge is 2.07. The molecule has 0 fully saturated rings. The lowest BCUT2D eigenvalue weighted by Gasteiger charge is -2.11. The molecule has 19 heavy (non-hydrogen) atoms. The second kappa shape index (κ2) is 7.84. The third-order valence-corrected chi connectivity index (χ3v) is 2.89. The topological polar surface area (TPSA) is 49.3 Å². The van der Waals surface area contributed by atoms with E-state index in [0.29, 0.717) is 24.9 Å². The molecular weight excluding hydrogens is 252 g/mol. The largest absolute Gasteiger partial charge is 0.396 e. The maximum Gasteiger partial charge on any atom is 0.220 e. The third-order valence-electron chi connectivity index (χ3n) is 2.89. The number of rotatable bonds is 7. The number of aryl methyl sites for hydroxylation is 1. The van der Waals surface area contributed by atoms with Gasteiger partial charge in [-0.2, -0.15) is 0 Å². The smallest absolute Gasteiger partial charge is 0.220 e. The zero-order chi connectivity index (χ0) is 14.3. The van der Waals surface area contributed by atoms with Gasteiger partial charge in [0.1, 0.15) is 0 Å². The molecule has 0 aliphatic carbocycles. The molecule has 106 valence electrons. The van der Waals surface area contributed by atoms with E-state index < -0.39 is 11.6 Å². The van der Waals surface area contributed by atoms with Crippen molar-refractivity contribution in [2.45, 2.75) is 26.2 Å². The molecule has 1 rings (SSSR count). The minimum atomic E-state index is -0.894. The zero-order valence-electron chi connectivity index (χ0n) is 11.0. The highest BCUT2D eigenvalue weighted by molar-refractivity contribution is 5.76. The number of hydrogen-bond acceptors (Lipinski definition) is 2. The molecule has 1 amide bonds. The summed E-state index contributed by atoms with van der Waals surface area (Å²) >= 11 is 0. The van der Waals surface area contributed by atoms with Crippen molar-refractivity contribution < 1.29 is 18.7 Å². The average molecular weight is 271 g/mol. The van der Waals surface area contributed by atoms with E-state index in [1.54, 1.807) is 0 Å². The van der Waals surface area contributed by atoms with Crippen LogP contribution in [0.15, 0.2) is 18.2 Å². The second-order valence-corrected chi connectivity index (χ2v) is 4.67. The molecule has 2 N–H and O–H groups in total. The quantitative estimate of drug-likeness (QED) is 0.797. The number of carbonyl (C=O) groups excluding carboxylic acids is 1. The van der Waals surface area contributed by atoms with Crippen LogP contribution in [-0.2, 0) is 11.2 Å². The lowest BCUT2D eigenvalue weighted by molar-refractivity contribution is -0.121. The Morgan fingerprint density at radius 1 is 1.37 bits per heavy atom. The Hall–Kier alpha value is -1.49. The van der Waals surface area contributed by atoms with Crippen LogP contribution in [0.1, 0.15) is 25.3 Å². The molecule has 0 heterocycles. The van der Waals surface area contributed by atoms with E-state index in [4.69, 9.17) is 5.11 Å². The number of nitrogens with one attached hydrogen (secondary N) is 1. The minimum Gasteiger partial charge on any atom is -0.396 e. The first-order chi connectivity index (χ1) is 9.02. The van der Waals surface area contributed by atoms with Gasteiger partial charge in [-0.1, -0.05) is 13.0 Å². The van der Waals surface area contributed by atoms with Crippen molar-refractivity contribution in [3.8, 4) is 0 Å². The molecular formula is C14H19F2NO2. The number of carbonyl (C=O) groups is 1. The minimum absolute atomic E-state index is 0.103. The van der Waals surface area contributed by atoms with Gasteiger partial charge in [-0.15, -0.1) is 0 Å². The summed E-state index contributed by atoms with van der Waals surface area (Å²) in [6.45, 7) is 2.55. The fraction of sp³-hybridized carbons (Fsp3) is 0.500. The first kappa shape index (κ1) is 15.6. The number of aliphatic hydroxyl groups is 1. The third kappa shape index (κ3) is 5.79. The maximum atomic E-state index is 12.9. The lowest BCUT2D eigenvalue weighted by Crippen LogP contribution is -2.28. The van der Waals surface area contributed by atoms with Crippen LogP contribution in [0, 0.1) is 17.6 Å². The van der Waals surface area contributed by atoms with Crippen molar-refractivity contribution in [3.63, 3.8) is 0 Å². The number of halogens is 2. The first-order valence-corrected chi connectivity index (χ1v) is 6.34. The molecule has 0 saturated carbocycles. The van der Waals surface area contributed by atoms with Crippen molar-refractivity contribution in [1.29, 1.82) is 0 Å². The number of benzene rings is 1. The summed E-state index contributed by atoms with van der Waals surface area (Å²) in [5.41, 5.74) is 0.595. The van der Waals surface area contributed by atoms with Crippen LogP contribution in [0.5, 0.6) is 0 Å². The van der Waals surface area contributed by atoms with Crippen LogP contribution >= 0.6 is 0 Å². The molecule has 0 aromatic heterocycles. The van der Waals surface area contributed by atoms with E-state index in [1.165, 1.54) is 6.07 Å². The van der Waals surface area contributed by atoms with Gasteiger partial charge in [0.05, 0.1) is 0 Å². The van der Waals surface area contributed by atoms with Crippen molar-refractivity contribution in [2.24, 2.45) is 5.92 Å². The Morgan fingerprint density at radius 2 is 2.11 bits per heavy atom. The van der Waals surface area contributed by atoms with Gasteiger partial charge >= 0.3 is 0 Å². The zero-order valence-corrected chi connectivity index (χ0v) is 11.0. The van der Waals surface area contributed by atoms with Crippen LogP contribution in [0.4, 0.5) is 8.78 Å². The van der Waals surface area contributed by atoms with Gasteiger partial charge < -0.3 is 10.4 Å². The van der Waals surface area contributed by atoms with Crippen LogP contribution < -0.4 is 5.32 Å². The molecule has 1 unspecified atom stereocenters. The Bertz CT molecular complexity index is 424. The van der Waals surface area contributed by atoms with E-state index in [2.05, 4.69) is 5.32 Å². The normalized spacial score (nSPS) is 12.2. The summed E-state index contributed by atoms with van der Waals surface area (Å²) in [7, 11) is 0. The van der Waals surface area contributed by atoms with Gasteiger partial charge in [-0.25, -0.2) is 8.78 Å². The standard InChI is InChI=1S/C14H19F2NO2/c1-10(6-7-18)9-17-14(19)5-3-11-2-4-12(15)13(16)8-11/h2,4,8,10,18H,3,5-7,9H2,1H3,(H,17,19). The molecule has 0 aliphatic heterocycles. The summed E-state index contributed by atoms with van der Waals surface area (Å²) in [4.78, 5) is 11.5. The van der Waals surface area contributed by atoms with Crippen LogP contribution in [0.3, 0.4) is 0 Å². The van der Waals surface area contributed by atoms with Gasteiger partial charge in [0.2, 0.25) is 5.91 Å². The molecule has 0 radical (unpaired) electrons. The summed E-state index contributed by atoms with van der Waals surface area (Å²) < 4.78 is 25.6. The van der Waals surface area contributed by atoms with E-state index in [-0.39, 0.29) is 24.9 Å². The number of hydrogen-bond donors (Lipinski definition) is 2. The number of aliphatic hydroxyl groups excluding tert-OH is 1. The predicted octanol–water partition coefficient (Wildman–Crippen LogP) is 2.03. The molecule has 3 nitrogen and oxygen atoms in total. The molecule has 1 aromatic carbocycles. The highest BCUT2D eigenvalue weighted by atomic mass is 19.2. The maximum absolute atomic E-state index is 12.9. The average Bonchev–Trinajstić information content (AvgIpc) is 2.38. The van der Waals surface area contributed by atoms with Crippen molar-refractivity contribution in [1.82, 2.24) is 5.32 Å². The van der Waals surface area contributed by atoms with E-state index in [1.807, 2.05) is 6.92 Å². The van der Waals surface area contributed by atoms with Gasteiger partial charge in [-0.05, 0) is 36.5 Å².